The molecule has 2 heterocycles. The van der Waals surface area contributed by atoms with Crippen molar-refractivity contribution in [3.63, 3.8) is 0 Å². The van der Waals surface area contributed by atoms with Crippen molar-refractivity contribution in [1.29, 1.82) is 0 Å². The summed E-state index contributed by atoms with van der Waals surface area (Å²) in [7, 11) is 0. The van der Waals surface area contributed by atoms with Crippen LogP contribution in [0.25, 0.3) is 0 Å². The van der Waals surface area contributed by atoms with Crippen LogP contribution in [0.15, 0.2) is 23.1 Å². The van der Waals surface area contributed by atoms with E-state index in [2.05, 4.69) is 0 Å². The van der Waals surface area contributed by atoms with Crippen LogP contribution in [0.3, 0.4) is 0 Å². The second kappa shape index (κ2) is 5.61. The average Bonchev–Trinajstić information content (AvgIpc) is 3.28. The summed E-state index contributed by atoms with van der Waals surface area (Å²) < 4.78 is 39.0. The third-order valence-corrected chi connectivity index (χ3v) is 5.05. The molecule has 1 saturated carbocycles. The summed E-state index contributed by atoms with van der Waals surface area (Å²) in [4.78, 5) is 25.6. The Labute approximate surface area is 136 Å². The normalized spacial score (nSPS) is 27.5. The van der Waals surface area contributed by atoms with Gasteiger partial charge in [-0.25, -0.2) is 0 Å². The summed E-state index contributed by atoms with van der Waals surface area (Å²) in [5.41, 5.74) is -2.56. The van der Waals surface area contributed by atoms with E-state index in [1.165, 1.54) is 4.90 Å². The van der Waals surface area contributed by atoms with Crippen LogP contribution in [0.5, 0.6) is 0 Å². The van der Waals surface area contributed by atoms with Gasteiger partial charge in [0.15, 0.2) is 0 Å². The maximum Gasteiger partial charge on any atom is 0.417 e. The standard InChI is InChI=1S/C16H19F3N2O3/c1-10-6-21(9-15(10,24)11-2-3-11)14(23)8-20-7-12(16(17,18)19)4-5-13(20)22/h4-5,7,10-11,24H,2-3,6,8-9H2,1H3/t10-,15+/m1/s1. The van der Waals surface area contributed by atoms with Gasteiger partial charge in [-0.15, -0.1) is 0 Å². The van der Waals surface area contributed by atoms with Crippen LogP contribution in [0.1, 0.15) is 25.3 Å². The summed E-state index contributed by atoms with van der Waals surface area (Å²) in [5.74, 6) is -0.367. The van der Waals surface area contributed by atoms with Crippen LogP contribution in [0.4, 0.5) is 13.2 Å². The maximum absolute atomic E-state index is 12.7. The molecule has 3 rings (SSSR count). The molecular weight excluding hydrogens is 325 g/mol. The van der Waals surface area contributed by atoms with Gasteiger partial charge in [0.1, 0.15) is 6.54 Å². The Hall–Kier alpha value is -1.83. The number of rotatable bonds is 3. The second-order valence-corrected chi connectivity index (χ2v) is 6.82. The summed E-state index contributed by atoms with van der Waals surface area (Å²) >= 11 is 0. The molecule has 1 amide bonds. The number of aromatic nitrogens is 1. The number of amides is 1. The first kappa shape index (κ1) is 17.0. The van der Waals surface area contributed by atoms with Gasteiger partial charge in [0.05, 0.1) is 17.7 Å². The van der Waals surface area contributed by atoms with Crippen LogP contribution in [-0.4, -0.2) is 39.2 Å². The molecule has 0 aromatic carbocycles. The zero-order chi connectivity index (χ0) is 17.7. The molecule has 0 unspecified atom stereocenters. The van der Waals surface area contributed by atoms with Crippen molar-refractivity contribution in [2.75, 3.05) is 13.1 Å². The summed E-state index contributed by atoms with van der Waals surface area (Å²) in [6.45, 7) is 1.92. The van der Waals surface area contributed by atoms with E-state index in [9.17, 15) is 27.9 Å². The minimum atomic E-state index is -4.58. The average molecular weight is 344 g/mol. The highest BCUT2D eigenvalue weighted by atomic mass is 19.4. The molecule has 2 fully saturated rings. The van der Waals surface area contributed by atoms with Crippen LogP contribution in [0, 0.1) is 11.8 Å². The Morgan fingerprint density at radius 1 is 1.38 bits per heavy atom. The van der Waals surface area contributed by atoms with E-state index in [0.29, 0.717) is 18.8 Å². The maximum atomic E-state index is 12.7. The number of pyridine rings is 1. The van der Waals surface area contributed by atoms with Crippen molar-refractivity contribution in [2.45, 2.75) is 38.1 Å². The third-order valence-electron chi connectivity index (χ3n) is 5.05. The van der Waals surface area contributed by atoms with E-state index in [-0.39, 0.29) is 18.4 Å². The minimum Gasteiger partial charge on any atom is -0.387 e. The Bertz CT molecular complexity index is 711. The van der Waals surface area contributed by atoms with E-state index < -0.39 is 35.4 Å². The summed E-state index contributed by atoms with van der Waals surface area (Å²) in [6.07, 6.45) is -2.06. The number of likely N-dealkylation sites (tertiary alicyclic amines) is 1. The van der Waals surface area contributed by atoms with E-state index in [1.807, 2.05) is 6.92 Å². The summed E-state index contributed by atoms with van der Waals surface area (Å²) in [6, 6.07) is 1.51. The lowest BCUT2D eigenvalue weighted by atomic mass is 9.88. The lowest BCUT2D eigenvalue weighted by molar-refractivity contribution is -0.138. The first-order chi connectivity index (χ1) is 11.1. The topological polar surface area (TPSA) is 62.5 Å². The lowest BCUT2D eigenvalue weighted by Gasteiger charge is -2.26. The zero-order valence-electron chi connectivity index (χ0n) is 13.2. The number of carbonyl (C=O) groups excluding carboxylic acids is 1. The van der Waals surface area contributed by atoms with Crippen molar-refractivity contribution >= 4 is 5.91 Å². The minimum absolute atomic E-state index is 0.0906. The lowest BCUT2D eigenvalue weighted by Crippen LogP contribution is -2.41. The fourth-order valence-electron chi connectivity index (χ4n) is 3.39. The zero-order valence-corrected chi connectivity index (χ0v) is 13.2. The molecule has 1 aliphatic heterocycles. The number of nitrogens with zero attached hydrogens (tertiary/aromatic N) is 2. The van der Waals surface area contributed by atoms with Gasteiger partial charge >= 0.3 is 6.18 Å². The van der Waals surface area contributed by atoms with Crippen LogP contribution in [0.2, 0.25) is 0 Å². The van der Waals surface area contributed by atoms with Crippen molar-refractivity contribution < 1.29 is 23.1 Å². The first-order valence-electron chi connectivity index (χ1n) is 7.89. The molecule has 5 nitrogen and oxygen atoms in total. The molecule has 8 heteroatoms. The highest BCUT2D eigenvalue weighted by molar-refractivity contribution is 5.76. The molecule has 1 N–H and O–H groups in total. The molecule has 0 spiro atoms. The first-order valence-corrected chi connectivity index (χ1v) is 7.89. The Morgan fingerprint density at radius 2 is 2.04 bits per heavy atom. The van der Waals surface area contributed by atoms with E-state index in [1.54, 1.807) is 0 Å². The van der Waals surface area contributed by atoms with Gasteiger partial charge in [-0.3, -0.25) is 9.59 Å². The number of carbonyl (C=O) groups is 1. The highest BCUT2D eigenvalue weighted by Crippen LogP contribution is 2.47. The number of hydrogen-bond donors (Lipinski definition) is 1. The molecule has 132 valence electrons. The highest BCUT2D eigenvalue weighted by Gasteiger charge is 2.53. The smallest absolute Gasteiger partial charge is 0.387 e. The molecule has 0 radical (unpaired) electrons. The largest absolute Gasteiger partial charge is 0.417 e. The second-order valence-electron chi connectivity index (χ2n) is 6.82. The Balaban J connectivity index is 1.75. The number of aliphatic hydroxyl groups is 1. The summed E-state index contributed by atoms with van der Waals surface area (Å²) in [5, 5.41) is 10.7. The van der Waals surface area contributed by atoms with Crippen molar-refractivity contribution in [3.8, 4) is 0 Å². The van der Waals surface area contributed by atoms with Gasteiger partial charge < -0.3 is 14.6 Å². The molecule has 1 aliphatic carbocycles. The predicted molar refractivity (Wildman–Crippen MR) is 79.1 cm³/mol. The predicted octanol–water partition coefficient (Wildman–Crippen LogP) is 1.49. The SMILES string of the molecule is C[C@@H]1CN(C(=O)Cn2cc(C(F)(F)F)ccc2=O)C[C@@]1(O)C1CC1. The number of alkyl halides is 3. The van der Waals surface area contributed by atoms with E-state index >= 15 is 0 Å². The fraction of sp³-hybridized carbons (Fsp3) is 0.625. The number of hydrogen-bond acceptors (Lipinski definition) is 3. The van der Waals surface area contributed by atoms with Crippen molar-refractivity contribution in [3.05, 3.63) is 34.2 Å². The van der Waals surface area contributed by atoms with Crippen molar-refractivity contribution in [2.24, 2.45) is 11.8 Å². The van der Waals surface area contributed by atoms with E-state index in [4.69, 9.17) is 0 Å². The Morgan fingerprint density at radius 3 is 2.62 bits per heavy atom. The van der Waals surface area contributed by atoms with Gasteiger partial charge in [-0.1, -0.05) is 6.92 Å². The van der Waals surface area contributed by atoms with Gasteiger partial charge in [0.25, 0.3) is 5.56 Å². The van der Waals surface area contributed by atoms with Gasteiger partial charge in [-0.2, -0.15) is 13.2 Å². The van der Waals surface area contributed by atoms with Gasteiger partial charge in [0.2, 0.25) is 5.91 Å². The van der Waals surface area contributed by atoms with Gasteiger partial charge in [0, 0.05) is 24.7 Å². The third kappa shape index (κ3) is 3.07. The molecular formula is C16H19F3N2O3. The molecule has 1 aromatic heterocycles. The van der Waals surface area contributed by atoms with Crippen molar-refractivity contribution in [1.82, 2.24) is 9.47 Å². The van der Waals surface area contributed by atoms with Gasteiger partial charge in [-0.05, 0) is 24.8 Å². The van der Waals surface area contributed by atoms with E-state index in [0.717, 1.165) is 23.5 Å². The Kier molecular flexibility index (Phi) is 3.98. The molecule has 0 bridgehead atoms. The monoisotopic (exact) mass is 344 g/mol. The molecule has 1 saturated heterocycles. The number of β-amino-alcohol motifs (C(OH)–C–C–N with tert-alkyl or cyclic N) is 1. The van der Waals surface area contributed by atoms with Crippen LogP contribution >= 0.6 is 0 Å². The molecule has 2 atom stereocenters. The molecule has 1 aromatic rings. The number of halogens is 3. The quantitative estimate of drug-likeness (QED) is 0.904. The fourth-order valence-corrected chi connectivity index (χ4v) is 3.39. The van der Waals surface area contributed by atoms with Crippen LogP contribution in [-0.2, 0) is 17.5 Å². The molecule has 24 heavy (non-hydrogen) atoms. The van der Waals surface area contributed by atoms with Crippen LogP contribution < -0.4 is 5.56 Å². The molecule has 2 aliphatic rings.